The minimum atomic E-state index is -0.392. The number of hydrogen-bond acceptors (Lipinski definition) is 5. The molecule has 0 aliphatic carbocycles. The zero-order valence-electron chi connectivity index (χ0n) is 14.4. The van der Waals surface area contributed by atoms with Gasteiger partial charge in [0.2, 0.25) is 0 Å². The Morgan fingerprint density at radius 1 is 1.16 bits per heavy atom. The lowest BCUT2D eigenvalue weighted by molar-refractivity contribution is 0.0600. The molecule has 1 aliphatic rings. The van der Waals surface area contributed by atoms with Gasteiger partial charge in [-0.1, -0.05) is 12.1 Å². The van der Waals surface area contributed by atoms with Crippen molar-refractivity contribution in [3.8, 4) is 11.5 Å². The molecular weight excluding hydrogens is 320 g/mol. The van der Waals surface area contributed by atoms with Crippen LogP contribution in [0.1, 0.15) is 33.2 Å². The SMILES string of the molecule is COC(=O)c1cccc(C[C@H]2C(=O)c3cc(OC)ccc3O[C@H]2C)c1. The van der Waals surface area contributed by atoms with Crippen LogP contribution in [0.5, 0.6) is 11.5 Å². The minimum Gasteiger partial charge on any atom is -0.497 e. The van der Waals surface area contributed by atoms with Gasteiger partial charge in [-0.2, -0.15) is 0 Å². The Morgan fingerprint density at radius 2 is 1.96 bits per heavy atom. The second-order valence-electron chi connectivity index (χ2n) is 6.05. The lowest BCUT2D eigenvalue weighted by atomic mass is 9.85. The summed E-state index contributed by atoms with van der Waals surface area (Å²) in [5, 5.41) is 0. The number of rotatable bonds is 4. The highest BCUT2D eigenvalue weighted by Crippen LogP contribution is 2.35. The first-order valence-corrected chi connectivity index (χ1v) is 8.09. The highest BCUT2D eigenvalue weighted by Gasteiger charge is 2.35. The molecule has 0 amide bonds. The number of Topliss-reactive ketones (excluding diaryl/α,β-unsaturated/α-hetero) is 1. The van der Waals surface area contributed by atoms with Crippen molar-refractivity contribution in [2.75, 3.05) is 14.2 Å². The Bertz CT molecular complexity index is 811. The Balaban J connectivity index is 1.87. The molecule has 2 aromatic rings. The Labute approximate surface area is 146 Å². The summed E-state index contributed by atoms with van der Waals surface area (Å²) in [6.45, 7) is 1.89. The maximum Gasteiger partial charge on any atom is 0.337 e. The number of fused-ring (bicyclic) bond motifs is 1. The highest BCUT2D eigenvalue weighted by molar-refractivity contribution is 6.02. The average Bonchev–Trinajstić information content (AvgIpc) is 2.64. The Kier molecular flexibility index (Phi) is 4.74. The third-order valence-electron chi connectivity index (χ3n) is 4.47. The molecule has 0 aromatic heterocycles. The van der Waals surface area contributed by atoms with E-state index in [4.69, 9.17) is 14.2 Å². The molecule has 0 bridgehead atoms. The summed E-state index contributed by atoms with van der Waals surface area (Å²) in [4.78, 5) is 24.6. The van der Waals surface area contributed by atoms with Crippen molar-refractivity contribution < 1.29 is 23.8 Å². The molecule has 1 aliphatic heterocycles. The quantitative estimate of drug-likeness (QED) is 0.799. The molecular formula is C20H20O5. The van der Waals surface area contributed by atoms with E-state index in [1.54, 1.807) is 43.5 Å². The number of carbonyl (C=O) groups is 2. The maximum atomic E-state index is 12.9. The van der Waals surface area contributed by atoms with Gasteiger partial charge in [-0.3, -0.25) is 4.79 Å². The molecule has 5 nitrogen and oxygen atoms in total. The summed E-state index contributed by atoms with van der Waals surface area (Å²) in [6.07, 6.45) is 0.233. The Hall–Kier alpha value is -2.82. The van der Waals surface area contributed by atoms with E-state index in [0.717, 1.165) is 5.56 Å². The molecule has 5 heteroatoms. The zero-order chi connectivity index (χ0) is 18.0. The fourth-order valence-electron chi connectivity index (χ4n) is 3.08. The second-order valence-corrected chi connectivity index (χ2v) is 6.05. The first-order chi connectivity index (χ1) is 12.0. The van der Waals surface area contributed by atoms with E-state index >= 15 is 0 Å². The van der Waals surface area contributed by atoms with E-state index in [1.165, 1.54) is 7.11 Å². The largest absolute Gasteiger partial charge is 0.497 e. The van der Waals surface area contributed by atoms with Crippen LogP contribution in [0.3, 0.4) is 0 Å². The number of methoxy groups -OCH3 is 2. The third-order valence-corrected chi connectivity index (χ3v) is 4.47. The number of ketones is 1. The van der Waals surface area contributed by atoms with Crippen LogP contribution in [0.2, 0.25) is 0 Å². The van der Waals surface area contributed by atoms with Crippen LogP contribution in [-0.2, 0) is 11.2 Å². The number of carbonyl (C=O) groups excluding carboxylic acids is 2. The predicted molar refractivity (Wildman–Crippen MR) is 92.4 cm³/mol. The summed E-state index contributed by atoms with van der Waals surface area (Å²) in [6, 6.07) is 12.4. The van der Waals surface area contributed by atoms with Crippen molar-refractivity contribution >= 4 is 11.8 Å². The second kappa shape index (κ2) is 6.97. The van der Waals surface area contributed by atoms with Gasteiger partial charge in [0.1, 0.15) is 17.6 Å². The van der Waals surface area contributed by atoms with Crippen LogP contribution < -0.4 is 9.47 Å². The van der Waals surface area contributed by atoms with Crippen LogP contribution in [0, 0.1) is 5.92 Å². The maximum absolute atomic E-state index is 12.9. The lowest BCUT2D eigenvalue weighted by Gasteiger charge is -2.30. The summed E-state index contributed by atoms with van der Waals surface area (Å²) >= 11 is 0. The van der Waals surface area contributed by atoms with Crippen LogP contribution in [0.4, 0.5) is 0 Å². The van der Waals surface area contributed by atoms with Gasteiger partial charge in [-0.15, -0.1) is 0 Å². The summed E-state index contributed by atoms with van der Waals surface area (Å²) < 4.78 is 15.9. The van der Waals surface area contributed by atoms with Gasteiger partial charge in [0.15, 0.2) is 5.78 Å². The van der Waals surface area contributed by atoms with Crippen molar-refractivity contribution in [2.24, 2.45) is 5.92 Å². The van der Waals surface area contributed by atoms with Crippen molar-refractivity contribution in [3.05, 3.63) is 59.2 Å². The third kappa shape index (κ3) is 3.36. The van der Waals surface area contributed by atoms with E-state index in [0.29, 0.717) is 29.0 Å². The van der Waals surface area contributed by atoms with E-state index in [1.807, 2.05) is 13.0 Å². The van der Waals surface area contributed by atoms with Crippen molar-refractivity contribution in [2.45, 2.75) is 19.4 Å². The minimum absolute atomic E-state index is 0.0242. The Morgan fingerprint density at radius 3 is 2.68 bits per heavy atom. The van der Waals surface area contributed by atoms with Crippen LogP contribution in [0.15, 0.2) is 42.5 Å². The monoisotopic (exact) mass is 340 g/mol. The van der Waals surface area contributed by atoms with Crippen LogP contribution >= 0.6 is 0 Å². The fourth-order valence-corrected chi connectivity index (χ4v) is 3.08. The number of hydrogen-bond donors (Lipinski definition) is 0. The number of esters is 1. The van der Waals surface area contributed by atoms with E-state index in [-0.39, 0.29) is 17.8 Å². The smallest absolute Gasteiger partial charge is 0.337 e. The molecule has 25 heavy (non-hydrogen) atoms. The molecule has 0 radical (unpaired) electrons. The first-order valence-electron chi connectivity index (χ1n) is 8.09. The number of ether oxygens (including phenoxy) is 3. The van der Waals surface area contributed by atoms with Crippen LogP contribution in [-0.4, -0.2) is 32.1 Å². The highest BCUT2D eigenvalue weighted by atomic mass is 16.5. The number of benzene rings is 2. The topological polar surface area (TPSA) is 61.8 Å². The molecule has 0 N–H and O–H groups in total. The fraction of sp³-hybridized carbons (Fsp3) is 0.300. The zero-order valence-corrected chi connectivity index (χ0v) is 14.4. The normalized spacial score (nSPS) is 18.9. The van der Waals surface area contributed by atoms with Gasteiger partial charge in [0.25, 0.3) is 0 Å². The molecule has 2 aromatic carbocycles. The van der Waals surface area contributed by atoms with Gasteiger partial charge in [0, 0.05) is 0 Å². The molecule has 0 fully saturated rings. The van der Waals surface area contributed by atoms with Gasteiger partial charge in [-0.25, -0.2) is 4.79 Å². The summed E-state index contributed by atoms with van der Waals surface area (Å²) in [5.74, 6) is 0.509. The molecule has 2 atom stereocenters. The molecule has 3 rings (SSSR count). The molecule has 0 unspecified atom stereocenters. The summed E-state index contributed by atoms with van der Waals surface area (Å²) in [5.41, 5.74) is 1.90. The average molecular weight is 340 g/mol. The van der Waals surface area contributed by atoms with Crippen molar-refractivity contribution in [1.29, 1.82) is 0 Å². The van der Waals surface area contributed by atoms with Crippen molar-refractivity contribution in [1.82, 2.24) is 0 Å². The first kappa shape index (κ1) is 17.0. The summed E-state index contributed by atoms with van der Waals surface area (Å²) in [7, 11) is 2.91. The van der Waals surface area contributed by atoms with Gasteiger partial charge in [-0.05, 0) is 49.2 Å². The molecule has 0 spiro atoms. The van der Waals surface area contributed by atoms with E-state index < -0.39 is 5.97 Å². The molecule has 1 heterocycles. The van der Waals surface area contributed by atoms with Gasteiger partial charge < -0.3 is 14.2 Å². The molecule has 0 saturated carbocycles. The molecule has 130 valence electrons. The lowest BCUT2D eigenvalue weighted by Crippen LogP contribution is -2.37. The van der Waals surface area contributed by atoms with Gasteiger partial charge in [0.05, 0.1) is 31.3 Å². The van der Waals surface area contributed by atoms with Crippen molar-refractivity contribution in [3.63, 3.8) is 0 Å². The van der Waals surface area contributed by atoms with Crippen LogP contribution in [0.25, 0.3) is 0 Å². The van der Waals surface area contributed by atoms with Gasteiger partial charge >= 0.3 is 5.97 Å². The van der Waals surface area contributed by atoms with E-state index in [2.05, 4.69) is 0 Å². The predicted octanol–water partition coefficient (Wildman–Crippen LogP) is 3.30. The molecule has 0 saturated heterocycles. The van der Waals surface area contributed by atoms with E-state index in [9.17, 15) is 9.59 Å². The standard InChI is InChI=1S/C20H20O5/c1-12-16(10-13-5-4-6-14(9-13)20(22)24-3)19(21)17-11-15(23-2)7-8-18(17)25-12/h4-9,11-12,16H,10H2,1-3H3/t12-,16+/m0/s1.